The Morgan fingerprint density at radius 3 is 2.38 bits per heavy atom. The maximum Gasteiger partial charge on any atom is 0.344 e. The molecule has 0 spiro atoms. The van der Waals surface area contributed by atoms with Crippen LogP contribution in [0.15, 0.2) is 82.0 Å². The van der Waals surface area contributed by atoms with E-state index in [1.165, 1.54) is 6.07 Å². The molecular formula is C26H23FN2O3. The summed E-state index contributed by atoms with van der Waals surface area (Å²) >= 11 is 0. The molecule has 1 aromatic heterocycles. The number of fused-ring (bicyclic) bond motifs is 1. The van der Waals surface area contributed by atoms with Crippen LogP contribution in [-0.4, -0.2) is 36.2 Å². The molecule has 1 saturated heterocycles. The van der Waals surface area contributed by atoms with Crippen molar-refractivity contribution >= 4 is 16.7 Å². The van der Waals surface area contributed by atoms with Gasteiger partial charge in [-0.05, 0) is 35.9 Å². The molecule has 5 nitrogen and oxygen atoms in total. The van der Waals surface area contributed by atoms with Crippen molar-refractivity contribution in [2.75, 3.05) is 31.1 Å². The molecule has 4 aromatic rings. The molecule has 0 saturated carbocycles. The van der Waals surface area contributed by atoms with Crippen LogP contribution in [0.5, 0.6) is 5.75 Å². The van der Waals surface area contributed by atoms with Crippen molar-refractivity contribution in [3.8, 4) is 16.9 Å². The number of nitrogens with zero attached hydrogens (tertiary/aromatic N) is 2. The van der Waals surface area contributed by atoms with Crippen LogP contribution in [0, 0.1) is 5.82 Å². The highest BCUT2D eigenvalue weighted by atomic mass is 19.1. The SMILES string of the molecule is O=c1oc2c(CN3CCN(c4ccccc4F)CC3)c(O)ccc2cc1-c1ccccc1. The highest BCUT2D eigenvalue weighted by Crippen LogP contribution is 2.30. The summed E-state index contributed by atoms with van der Waals surface area (Å²) in [6, 6.07) is 21.4. The Morgan fingerprint density at radius 2 is 1.62 bits per heavy atom. The van der Waals surface area contributed by atoms with E-state index in [2.05, 4.69) is 4.90 Å². The molecule has 6 heteroatoms. The van der Waals surface area contributed by atoms with Crippen LogP contribution in [0.25, 0.3) is 22.1 Å². The first kappa shape index (κ1) is 20.3. The zero-order valence-corrected chi connectivity index (χ0v) is 17.5. The van der Waals surface area contributed by atoms with Gasteiger partial charge in [-0.2, -0.15) is 0 Å². The van der Waals surface area contributed by atoms with Crippen molar-refractivity contribution in [1.82, 2.24) is 4.90 Å². The second kappa shape index (κ2) is 8.48. The third kappa shape index (κ3) is 3.85. The van der Waals surface area contributed by atoms with Gasteiger partial charge in [0.1, 0.15) is 17.1 Å². The molecule has 1 aliphatic heterocycles. The molecule has 3 aromatic carbocycles. The summed E-state index contributed by atoms with van der Waals surface area (Å²) < 4.78 is 19.8. The number of piperazine rings is 1. The van der Waals surface area contributed by atoms with E-state index in [0.717, 1.165) is 10.9 Å². The van der Waals surface area contributed by atoms with Crippen LogP contribution in [0.4, 0.5) is 10.1 Å². The molecule has 1 fully saturated rings. The van der Waals surface area contributed by atoms with Crippen molar-refractivity contribution in [3.05, 3.63) is 94.6 Å². The van der Waals surface area contributed by atoms with E-state index in [9.17, 15) is 14.3 Å². The first-order valence-electron chi connectivity index (χ1n) is 10.7. The maximum absolute atomic E-state index is 14.1. The lowest BCUT2D eigenvalue weighted by molar-refractivity contribution is 0.246. The first-order valence-corrected chi connectivity index (χ1v) is 10.7. The third-order valence-electron chi connectivity index (χ3n) is 6.01. The van der Waals surface area contributed by atoms with Crippen molar-refractivity contribution in [2.24, 2.45) is 0 Å². The minimum atomic E-state index is -0.431. The van der Waals surface area contributed by atoms with E-state index in [1.807, 2.05) is 47.4 Å². The lowest BCUT2D eigenvalue weighted by Gasteiger charge is -2.36. The Morgan fingerprint density at radius 1 is 0.906 bits per heavy atom. The van der Waals surface area contributed by atoms with E-state index in [1.54, 1.807) is 24.3 Å². The highest BCUT2D eigenvalue weighted by molar-refractivity contribution is 5.85. The normalized spacial score (nSPS) is 14.7. The summed E-state index contributed by atoms with van der Waals surface area (Å²) in [5.41, 5.74) is 2.47. The number of rotatable bonds is 4. The quantitative estimate of drug-likeness (QED) is 0.479. The summed E-state index contributed by atoms with van der Waals surface area (Å²) in [4.78, 5) is 16.9. The van der Waals surface area contributed by atoms with E-state index < -0.39 is 5.63 Å². The number of halogens is 1. The van der Waals surface area contributed by atoms with Crippen molar-refractivity contribution in [1.29, 1.82) is 0 Å². The van der Waals surface area contributed by atoms with Gasteiger partial charge in [-0.3, -0.25) is 4.90 Å². The summed E-state index contributed by atoms with van der Waals surface area (Å²) in [6.45, 7) is 3.21. The predicted octanol–water partition coefficient (Wildman–Crippen LogP) is 4.63. The standard InChI is InChI=1S/C26H23FN2O3/c27-22-8-4-5-9-23(22)29-14-12-28(13-15-29)17-21-24(30)11-10-19-16-20(26(31)32-25(19)21)18-6-2-1-3-7-18/h1-11,16,30H,12-15,17H2. The smallest absolute Gasteiger partial charge is 0.344 e. The van der Waals surface area contributed by atoms with Crippen LogP contribution in [0.1, 0.15) is 5.56 Å². The second-order valence-corrected chi connectivity index (χ2v) is 8.01. The van der Waals surface area contributed by atoms with Gasteiger partial charge < -0.3 is 14.4 Å². The average Bonchev–Trinajstić information content (AvgIpc) is 2.82. The van der Waals surface area contributed by atoms with Gasteiger partial charge in [0, 0.05) is 38.1 Å². The van der Waals surface area contributed by atoms with Crippen LogP contribution < -0.4 is 10.5 Å². The molecular weight excluding hydrogens is 407 g/mol. The minimum absolute atomic E-state index is 0.102. The van der Waals surface area contributed by atoms with Gasteiger partial charge in [0.2, 0.25) is 0 Å². The van der Waals surface area contributed by atoms with Gasteiger partial charge in [-0.1, -0.05) is 42.5 Å². The Kier molecular flexibility index (Phi) is 5.37. The van der Waals surface area contributed by atoms with Gasteiger partial charge in [-0.15, -0.1) is 0 Å². The molecule has 0 radical (unpaired) electrons. The van der Waals surface area contributed by atoms with Gasteiger partial charge in [0.15, 0.2) is 0 Å². The van der Waals surface area contributed by atoms with Crippen molar-refractivity contribution in [3.63, 3.8) is 0 Å². The number of benzene rings is 3. The molecule has 0 bridgehead atoms. The van der Waals surface area contributed by atoms with Gasteiger partial charge in [0.25, 0.3) is 0 Å². The summed E-state index contributed by atoms with van der Waals surface area (Å²) in [6.07, 6.45) is 0. The number of phenols is 1. The monoisotopic (exact) mass is 430 g/mol. The molecule has 0 unspecified atom stereocenters. The molecule has 5 rings (SSSR count). The fourth-order valence-corrected chi connectivity index (χ4v) is 4.28. The van der Waals surface area contributed by atoms with Crippen LogP contribution in [0.2, 0.25) is 0 Å². The fourth-order valence-electron chi connectivity index (χ4n) is 4.28. The fraction of sp³-hybridized carbons (Fsp3) is 0.192. The molecule has 0 atom stereocenters. The van der Waals surface area contributed by atoms with Crippen LogP contribution in [0.3, 0.4) is 0 Å². The Bertz CT molecular complexity index is 1310. The summed E-state index contributed by atoms with van der Waals surface area (Å²) in [5.74, 6) is -0.117. The summed E-state index contributed by atoms with van der Waals surface area (Å²) in [5, 5.41) is 11.3. The number of phenolic OH excluding ortho intramolecular Hbond substituents is 1. The summed E-state index contributed by atoms with van der Waals surface area (Å²) in [7, 11) is 0. The Labute approximate surface area is 184 Å². The maximum atomic E-state index is 14.1. The van der Waals surface area contributed by atoms with Gasteiger partial charge in [-0.25, -0.2) is 9.18 Å². The average molecular weight is 430 g/mol. The number of para-hydroxylation sites is 1. The highest BCUT2D eigenvalue weighted by Gasteiger charge is 2.22. The zero-order chi connectivity index (χ0) is 22.1. The van der Waals surface area contributed by atoms with E-state index in [0.29, 0.717) is 55.1 Å². The molecule has 0 aliphatic carbocycles. The third-order valence-corrected chi connectivity index (χ3v) is 6.01. The Hall–Kier alpha value is -3.64. The number of anilines is 1. The largest absolute Gasteiger partial charge is 0.507 e. The van der Waals surface area contributed by atoms with Crippen LogP contribution >= 0.6 is 0 Å². The lowest BCUT2D eigenvalue weighted by Crippen LogP contribution is -2.46. The molecule has 162 valence electrons. The topological polar surface area (TPSA) is 56.9 Å². The van der Waals surface area contributed by atoms with E-state index >= 15 is 0 Å². The van der Waals surface area contributed by atoms with Crippen LogP contribution in [-0.2, 0) is 6.54 Å². The molecule has 1 N–H and O–H groups in total. The Balaban J connectivity index is 1.40. The number of hydrogen-bond donors (Lipinski definition) is 1. The van der Waals surface area contributed by atoms with E-state index in [-0.39, 0.29) is 11.6 Å². The molecule has 32 heavy (non-hydrogen) atoms. The number of aromatic hydroxyl groups is 1. The lowest BCUT2D eigenvalue weighted by atomic mass is 10.0. The predicted molar refractivity (Wildman–Crippen MR) is 123 cm³/mol. The molecule has 0 amide bonds. The zero-order valence-electron chi connectivity index (χ0n) is 17.5. The second-order valence-electron chi connectivity index (χ2n) is 8.01. The van der Waals surface area contributed by atoms with Crippen molar-refractivity contribution in [2.45, 2.75) is 6.54 Å². The van der Waals surface area contributed by atoms with Gasteiger partial charge in [0.05, 0.1) is 16.8 Å². The van der Waals surface area contributed by atoms with Crippen molar-refractivity contribution < 1.29 is 13.9 Å². The number of hydrogen-bond acceptors (Lipinski definition) is 5. The van der Waals surface area contributed by atoms with Gasteiger partial charge >= 0.3 is 5.63 Å². The first-order chi connectivity index (χ1) is 15.6. The minimum Gasteiger partial charge on any atom is -0.507 e. The molecule has 2 heterocycles. The molecule has 1 aliphatic rings. The van der Waals surface area contributed by atoms with E-state index in [4.69, 9.17) is 4.42 Å².